The fraction of sp³-hybridized carbons (Fsp3) is 0. The molecular weight excluding hydrogens is 432 g/mol. The van der Waals surface area contributed by atoms with Gasteiger partial charge in [0.05, 0.1) is 16.7 Å². The van der Waals surface area contributed by atoms with Crippen LogP contribution in [0.3, 0.4) is 0 Å². The molecule has 11 heteroatoms. The van der Waals surface area contributed by atoms with Gasteiger partial charge in [-0.1, -0.05) is 18.2 Å². The molecule has 0 saturated carbocycles. The lowest BCUT2D eigenvalue weighted by Crippen LogP contribution is -2.23. The van der Waals surface area contributed by atoms with Crippen molar-refractivity contribution in [3.8, 4) is 0 Å². The van der Waals surface area contributed by atoms with Crippen molar-refractivity contribution >= 4 is 35.2 Å². The molecule has 0 unspecified atom stereocenters. The first-order valence-corrected chi connectivity index (χ1v) is 10.0. The largest absolute Gasteiger partial charge is 0.271 e. The first kappa shape index (κ1) is 20.9. The molecule has 0 aliphatic carbocycles. The van der Waals surface area contributed by atoms with Gasteiger partial charge in [-0.15, -0.1) is 0 Å². The molecule has 3 heterocycles. The maximum absolute atomic E-state index is 13.0. The van der Waals surface area contributed by atoms with Crippen LogP contribution in [0.5, 0.6) is 0 Å². The summed E-state index contributed by atoms with van der Waals surface area (Å²) in [5.41, 5.74) is 2.37. The van der Waals surface area contributed by atoms with Gasteiger partial charge in [-0.3, -0.25) is 24.1 Å². The van der Waals surface area contributed by atoms with Gasteiger partial charge in [0.25, 0.3) is 17.2 Å². The quantitative estimate of drug-likeness (QED) is 0.208. The van der Waals surface area contributed by atoms with Crippen LogP contribution in [0.15, 0.2) is 93.0 Å². The van der Waals surface area contributed by atoms with E-state index in [1.165, 1.54) is 40.6 Å². The second-order valence-corrected chi connectivity index (χ2v) is 7.35. The highest BCUT2D eigenvalue weighted by molar-refractivity contribution is 7.99. The standard InChI is InChI=1S/C21H14N6O4S/c28-19(14-6-5-7-15(12-14)27(30)31)25-23-13-16-20(32-18-9-1-3-10-22-18)24-17-8-2-4-11-26(17)21(16)29/h1-13H,(H,25,28)/b23-13-. The van der Waals surface area contributed by atoms with Crippen molar-refractivity contribution in [3.05, 3.63) is 105 Å². The summed E-state index contributed by atoms with van der Waals surface area (Å²) in [6.07, 6.45) is 4.41. The van der Waals surface area contributed by atoms with Crippen LogP contribution < -0.4 is 11.0 Å². The van der Waals surface area contributed by atoms with E-state index in [2.05, 4.69) is 20.5 Å². The first-order valence-electron chi connectivity index (χ1n) is 9.21. The number of rotatable bonds is 6. The zero-order chi connectivity index (χ0) is 22.5. The predicted octanol–water partition coefficient (Wildman–Crippen LogP) is 2.91. The number of hydrogen-bond donors (Lipinski definition) is 1. The minimum atomic E-state index is -0.655. The number of fused-ring (bicyclic) bond motifs is 1. The van der Waals surface area contributed by atoms with Crippen molar-refractivity contribution in [3.63, 3.8) is 0 Å². The van der Waals surface area contributed by atoms with Gasteiger partial charge in [0.15, 0.2) is 0 Å². The van der Waals surface area contributed by atoms with Crippen LogP contribution in [-0.2, 0) is 0 Å². The number of amides is 1. The Balaban J connectivity index is 1.66. The molecule has 10 nitrogen and oxygen atoms in total. The molecule has 1 N–H and O–H groups in total. The topological polar surface area (TPSA) is 132 Å². The van der Waals surface area contributed by atoms with Gasteiger partial charge in [0, 0.05) is 30.1 Å². The van der Waals surface area contributed by atoms with E-state index in [-0.39, 0.29) is 22.4 Å². The van der Waals surface area contributed by atoms with Crippen LogP contribution in [-0.4, -0.2) is 31.4 Å². The second kappa shape index (κ2) is 9.18. The third-order valence-corrected chi connectivity index (χ3v) is 5.21. The Hall–Kier alpha value is -4.38. The maximum Gasteiger partial charge on any atom is 0.271 e. The van der Waals surface area contributed by atoms with Gasteiger partial charge in [-0.25, -0.2) is 15.4 Å². The van der Waals surface area contributed by atoms with E-state index in [0.29, 0.717) is 15.7 Å². The number of aromatic nitrogens is 3. The molecule has 32 heavy (non-hydrogen) atoms. The molecule has 0 aliphatic heterocycles. The number of hydrazone groups is 1. The van der Waals surface area contributed by atoms with E-state index in [0.717, 1.165) is 6.07 Å². The third-order valence-electron chi connectivity index (χ3n) is 4.25. The second-order valence-electron chi connectivity index (χ2n) is 6.34. The molecule has 1 aromatic carbocycles. The monoisotopic (exact) mass is 446 g/mol. The molecule has 4 aromatic rings. The van der Waals surface area contributed by atoms with Crippen molar-refractivity contribution in [1.29, 1.82) is 0 Å². The Bertz CT molecular complexity index is 1400. The molecule has 158 valence electrons. The Kier molecular flexibility index (Phi) is 5.99. The summed E-state index contributed by atoms with van der Waals surface area (Å²) < 4.78 is 1.37. The lowest BCUT2D eigenvalue weighted by Gasteiger charge is -2.07. The average molecular weight is 446 g/mol. The number of nitrogens with zero attached hydrogens (tertiary/aromatic N) is 5. The highest BCUT2D eigenvalue weighted by atomic mass is 32.2. The molecule has 0 bridgehead atoms. The summed E-state index contributed by atoms with van der Waals surface area (Å²) in [5.74, 6) is -0.655. The van der Waals surface area contributed by atoms with E-state index in [1.54, 1.807) is 42.7 Å². The van der Waals surface area contributed by atoms with E-state index in [1.807, 2.05) is 6.07 Å². The third kappa shape index (κ3) is 4.52. The minimum absolute atomic E-state index is 0.0628. The summed E-state index contributed by atoms with van der Waals surface area (Å²) in [4.78, 5) is 44.4. The number of carbonyl (C=O) groups is 1. The molecular formula is C21H14N6O4S. The summed E-state index contributed by atoms with van der Waals surface area (Å²) in [6.45, 7) is 0. The number of pyridine rings is 2. The number of benzene rings is 1. The average Bonchev–Trinajstić information content (AvgIpc) is 2.81. The first-order chi connectivity index (χ1) is 15.5. The highest BCUT2D eigenvalue weighted by Gasteiger charge is 2.14. The Morgan fingerprint density at radius 1 is 1.16 bits per heavy atom. The van der Waals surface area contributed by atoms with Crippen molar-refractivity contribution < 1.29 is 9.72 Å². The van der Waals surface area contributed by atoms with Crippen molar-refractivity contribution in [2.24, 2.45) is 5.10 Å². The molecule has 0 spiro atoms. The Labute approximate surface area is 184 Å². The summed E-state index contributed by atoms with van der Waals surface area (Å²) in [6, 6.07) is 15.8. The number of nitrogens with one attached hydrogen (secondary N) is 1. The summed E-state index contributed by atoms with van der Waals surface area (Å²) in [5, 5.41) is 15.8. The Morgan fingerprint density at radius 3 is 2.78 bits per heavy atom. The van der Waals surface area contributed by atoms with Crippen molar-refractivity contribution in [2.75, 3.05) is 0 Å². The number of non-ortho nitro benzene ring substituents is 1. The van der Waals surface area contributed by atoms with E-state index < -0.39 is 10.8 Å². The molecule has 3 aromatic heterocycles. The lowest BCUT2D eigenvalue weighted by atomic mass is 10.2. The van der Waals surface area contributed by atoms with Crippen LogP contribution in [0.1, 0.15) is 15.9 Å². The fourth-order valence-electron chi connectivity index (χ4n) is 2.76. The number of nitro groups is 1. The van der Waals surface area contributed by atoms with Crippen LogP contribution in [0.2, 0.25) is 0 Å². The van der Waals surface area contributed by atoms with Crippen LogP contribution >= 0.6 is 11.8 Å². The van der Waals surface area contributed by atoms with Crippen molar-refractivity contribution in [2.45, 2.75) is 10.1 Å². The number of hydrogen-bond acceptors (Lipinski definition) is 8. The molecule has 0 aliphatic rings. The fourth-order valence-corrected chi connectivity index (χ4v) is 3.61. The molecule has 0 radical (unpaired) electrons. The SMILES string of the molecule is O=C(N/N=C\c1c(Sc2ccccn2)nc2ccccn2c1=O)c1cccc([N+](=O)[O-])c1. The lowest BCUT2D eigenvalue weighted by molar-refractivity contribution is -0.384. The van der Waals surface area contributed by atoms with E-state index in [4.69, 9.17) is 0 Å². The maximum atomic E-state index is 13.0. The highest BCUT2D eigenvalue weighted by Crippen LogP contribution is 2.25. The van der Waals surface area contributed by atoms with Crippen molar-refractivity contribution in [1.82, 2.24) is 19.8 Å². The van der Waals surface area contributed by atoms with Gasteiger partial charge >= 0.3 is 0 Å². The van der Waals surface area contributed by atoms with Gasteiger partial charge < -0.3 is 0 Å². The molecule has 0 atom stereocenters. The number of nitro benzene ring substituents is 1. The normalized spacial score (nSPS) is 11.0. The van der Waals surface area contributed by atoms with E-state index >= 15 is 0 Å². The van der Waals surface area contributed by atoms with Crippen LogP contribution in [0.25, 0.3) is 5.65 Å². The molecule has 0 saturated heterocycles. The minimum Gasteiger partial charge on any atom is -0.268 e. The molecule has 0 fully saturated rings. The van der Waals surface area contributed by atoms with Gasteiger partial charge in [0.2, 0.25) is 0 Å². The summed E-state index contributed by atoms with van der Waals surface area (Å²) >= 11 is 1.19. The zero-order valence-corrected chi connectivity index (χ0v) is 17.1. The zero-order valence-electron chi connectivity index (χ0n) is 16.3. The van der Waals surface area contributed by atoms with Crippen LogP contribution in [0, 0.1) is 10.1 Å². The molecule has 1 amide bonds. The van der Waals surface area contributed by atoms with Gasteiger partial charge in [-0.2, -0.15) is 5.10 Å². The smallest absolute Gasteiger partial charge is 0.268 e. The van der Waals surface area contributed by atoms with Gasteiger partial charge in [-0.05, 0) is 42.1 Å². The van der Waals surface area contributed by atoms with Crippen LogP contribution in [0.4, 0.5) is 5.69 Å². The summed E-state index contributed by atoms with van der Waals surface area (Å²) in [7, 11) is 0. The van der Waals surface area contributed by atoms with Gasteiger partial charge in [0.1, 0.15) is 15.7 Å². The van der Waals surface area contributed by atoms with E-state index in [9.17, 15) is 19.7 Å². The number of carbonyl (C=O) groups excluding carboxylic acids is 1. The predicted molar refractivity (Wildman–Crippen MR) is 118 cm³/mol. The molecule has 4 rings (SSSR count). The Morgan fingerprint density at radius 2 is 2.00 bits per heavy atom.